The minimum Gasteiger partial charge on any atom is -0.369 e. The van der Waals surface area contributed by atoms with Crippen LogP contribution in [-0.4, -0.2) is 46.0 Å². The molecule has 1 atom stereocenters. The van der Waals surface area contributed by atoms with Crippen molar-refractivity contribution in [3.8, 4) is 0 Å². The largest absolute Gasteiger partial charge is 0.369 e. The number of rotatable bonds is 4. The Bertz CT molecular complexity index is 314. The highest BCUT2D eigenvalue weighted by Gasteiger charge is 2.51. The molecule has 0 aliphatic carbocycles. The van der Waals surface area contributed by atoms with Gasteiger partial charge in [0, 0.05) is 5.54 Å². The van der Waals surface area contributed by atoms with Gasteiger partial charge in [-0.05, 0) is 48.0 Å². The fourth-order valence-corrected chi connectivity index (χ4v) is 2.47. The summed E-state index contributed by atoms with van der Waals surface area (Å²) < 4.78 is 5.27. The first-order valence-electron chi connectivity index (χ1n) is 7.47. The van der Waals surface area contributed by atoms with Crippen molar-refractivity contribution < 1.29 is 14.7 Å². The summed E-state index contributed by atoms with van der Waals surface area (Å²) in [7, 11) is 0. The smallest absolute Gasteiger partial charge is 0.246 e. The van der Waals surface area contributed by atoms with Crippen LogP contribution in [-0.2, 0) is 9.53 Å². The van der Waals surface area contributed by atoms with Gasteiger partial charge in [0.05, 0.1) is 17.7 Å². The molecular formula is C15H32N2O3. The highest BCUT2D eigenvalue weighted by Crippen LogP contribution is 2.38. The van der Waals surface area contributed by atoms with Crippen LogP contribution < -0.4 is 5.32 Å². The molecule has 0 radical (unpaired) electrons. The zero-order chi connectivity index (χ0) is 16.1. The van der Waals surface area contributed by atoms with Gasteiger partial charge >= 0.3 is 0 Å². The summed E-state index contributed by atoms with van der Waals surface area (Å²) in [6.07, 6.45) is 0.752. The minimum atomic E-state index is -0.475. The molecule has 1 unspecified atom stereocenters. The van der Waals surface area contributed by atoms with Gasteiger partial charge in [0.1, 0.15) is 6.61 Å². The first kappa shape index (κ1) is 19.4. The Labute approximate surface area is 123 Å². The van der Waals surface area contributed by atoms with E-state index < -0.39 is 5.54 Å². The fraction of sp³-hybridized carbons (Fsp3) is 0.933. The number of hydrogen-bond donors (Lipinski definition) is 2. The number of carbonyl (C=O) groups excluding carboxylic acids is 1. The molecule has 1 heterocycles. The molecule has 0 aromatic heterocycles. The average molecular weight is 288 g/mol. The molecular weight excluding hydrogens is 256 g/mol. The SMILES string of the molecule is CC.CC(C)OCC(=O)NC1CC(C)(C)N(O)C1(C)C. The summed E-state index contributed by atoms with van der Waals surface area (Å²) >= 11 is 0. The fourth-order valence-electron chi connectivity index (χ4n) is 2.47. The van der Waals surface area contributed by atoms with Crippen molar-refractivity contribution in [1.29, 1.82) is 0 Å². The van der Waals surface area contributed by atoms with Gasteiger partial charge < -0.3 is 15.3 Å². The number of hydrogen-bond acceptors (Lipinski definition) is 4. The molecule has 1 amide bonds. The molecule has 0 aromatic carbocycles. The Morgan fingerprint density at radius 1 is 1.35 bits per heavy atom. The molecule has 1 aliphatic rings. The van der Waals surface area contributed by atoms with Crippen LogP contribution in [0.5, 0.6) is 0 Å². The maximum absolute atomic E-state index is 11.8. The van der Waals surface area contributed by atoms with E-state index in [9.17, 15) is 10.0 Å². The summed E-state index contributed by atoms with van der Waals surface area (Å²) in [6, 6.07) is -0.0826. The third kappa shape index (κ3) is 4.72. The number of hydroxylamine groups is 2. The summed E-state index contributed by atoms with van der Waals surface area (Å²) in [5.41, 5.74) is -0.808. The molecule has 0 aromatic rings. The summed E-state index contributed by atoms with van der Waals surface area (Å²) in [5, 5.41) is 14.4. The standard InChI is InChI=1S/C13H26N2O3.C2H6/c1-9(2)18-8-11(16)14-10-7-12(3,4)15(17)13(10,5)6;1-2/h9-10,17H,7-8H2,1-6H3,(H,14,16);1-2H3. The van der Waals surface area contributed by atoms with E-state index in [1.807, 2.05) is 55.4 Å². The third-order valence-corrected chi connectivity index (χ3v) is 3.56. The van der Waals surface area contributed by atoms with E-state index in [2.05, 4.69) is 5.32 Å². The Morgan fingerprint density at radius 3 is 2.20 bits per heavy atom. The van der Waals surface area contributed by atoms with Gasteiger partial charge in [0.25, 0.3) is 0 Å². The van der Waals surface area contributed by atoms with Crippen molar-refractivity contribution in [1.82, 2.24) is 10.4 Å². The Morgan fingerprint density at radius 2 is 1.85 bits per heavy atom. The minimum absolute atomic E-state index is 0.0399. The molecule has 1 rings (SSSR count). The molecule has 0 saturated carbocycles. The van der Waals surface area contributed by atoms with Crippen LogP contribution in [0.15, 0.2) is 0 Å². The van der Waals surface area contributed by atoms with Gasteiger partial charge in [-0.2, -0.15) is 5.06 Å². The second-order valence-electron chi connectivity index (χ2n) is 6.46. The van der Waals surface area contributed by atoms with Crippen molar-refractivity contribution in [2.24, 2.45) is 0 Å². The molecule has 2 N–H and O–H groups in total. The van der Waals surface area contributed by atoms with Crippen LogP contribution in [0.2, 0.25) is 0 Å². The first-order valence-corrected chi connectivity index (χ1v) is 7.47. The van der Waals surface area contributed by atoms with Crippen molar-refractivity contribution in [3.05, 3.63) is 0 Å². The lowest BCUT2D eigenvalue weighted by Crippen LogP contribution is -2.53. The van der Waals surface area contributed by atoms with E-state index in [4.69, 9.17) is 4.74 Å². The maximum atomic E-state index is 11.8. The molecule has 0 spiro atoms. The lowest BCUT2D eigenvalue weighted by atomic mass is 9.94. The Balaban J connectivity index is 0.00000172. The number of ether oxygens (including phenoxy) is 1. The predicted molar refractivity (Wildman–Crippen MR) is 80.8 cm³/mol. The molecule has 0 bridgehead atoms. The Kier molecular flexibility index (Phi) is 7.14. The van der Waals surface area contributed by atoms with Crippen molar-refractivity contribution in [3.63, 3.8) is 0 Å². The van der Waals surface area contributed by atoms with Crippen LogP contribution in [0.4, 0.5) is 0 Å². The van der Waals surface area contributed by atoms with Gasteiger partial charge in [-0.3, -0.25) is 4.79 Å². The zero-order valence-corrected chi connectivity index (χ0v) is 14.3. The van der Waals surface area contributed by atoms with Gasteiger partial charge in [-0.1, -0.05) is 13.8 Å². The van der Waals surface area contributed by atoms with Crippen molar-refractivity contribution in [2.45, 2.75) is 85.0 Å². The monoisotopic (exact) mass is 288 g/mol. The van der Waals surface area contributed by atoms with Crippen molar-refractivity contribution >= 4 is 5.91 Å². The normalized spacial score (nSPS) is 24.2. The summed E-state index contributed by atoms with van der Waals surface area (Å²) in [4.78, 5) is 11.8. The topological polar surface area (TPSA) is 61.8 Å². The first-order chi connectivity index (χ1) is 9.07. The second-order valence-corrected chi connectivity index (χ2v) is 6.46. The van der Waals surface area contributed by atoms with E-state index in [0.29, 0.717) is 6.42 Å². The number of amides is 1. The van der Waals surface area contributed by atoms with Gasteiger partial charge in [-0.25, -0.2) is 0 Å². The van der Waals surface area contributed by atoms with Crippen LogP contribution in [0.25, 0.3) is 0 Å². The number of nitrogens with one attached hydrogen (secondary N) is 1. The Hall–Kier alpha value is -0.650. The summed E-state index contributed by atoms with van der Waals surface area (Å²) in [5.74, 6) is -0.132. The molecule has 5 heteroatoms. The number of nitrogens with zero attached hydrogens (tertiary/aromatic N) is 1. The van der Waals surface area contributed by atoms with Crippen LogP contribution >= 0.6 is 0 Å². The molecule has 1 fully saturated rings. The molecule has 1 saturated heterocycles. The molecule has 5 nitrogen and oxygen atoms in total. The summed E-state index contributed by atoms with van der Waals surface area (Å²) in [6.45, 7) is 15.6. The van der Waals surface area contributed by atoms with E-state index in [-0.39, 0.29) is 30.2 Å². The molecule has 1 aliphatic heterocycles. The average Bonchev–Trinajstić information content (AvgIpc) is 2.50. The third-order valence-electron chi connectivity index (χ3n) is 3.56. The van der Waals surface area contributed by atoms with Crippen LogP contribution in [0, 0.1) is 0 Å². The van der Waals surface area contributed by atoms with Crippen molar-refractivity contribution in [2.75, 3.05) is 6.61 Å². The highest BCUT2D eigenvalue weighted by atomic mass is 16.5. The van der Waals surface area contributed by atoms with Crippen LogP contribution in [0.3, 0.4) is 0 Å². The van der Waals surface area contributed by atoms with E-state index in [1.54, 1.807) is 0 Å². The molecule has 120 valence electrons. The zero-order valence-electron chi connectivity index (χ0n) is 14.3. The number of carbonyl (C=O) groups is 1. The predicted octanol–water partition coefficient (Wildman–Crippen LogP) is 2.57. The lowest BCUT2D eigenvalue weighted by molar-refractivity contribution is -0.194. The van der Waals surface area contributed by atoms with E-state index in [1.165, 1.54) is 5.06 Å². The quantitative estimate of drug-likeness (QED) is 0.834. The van der Waals surface area contributed by atoms with Gasteiger partial charge in [-0.15, -0.1) is 0 Å². The van der Waals surface area contributed by atoms with Gasteiger partial charge in [0.2, 0.25) is 5.91 Å². The van der Waals surface area contributed by atoms with E-state index in [0.717, 1.165) is 0 Å². The molecule has 20 heavy (non-hydrogen) atoms. The second kappa shape index (κ2) is 7.38. The highest BCUT2D eigenvalue weighted by molar-refractivity contribution is 5.77. The maximum Gasteiger partial charge on any atom is 0.246 e. The van der Waals surface area contributed by atoms with E-state index >= 15 is 0 Å². The lowest BCUT2D eigenvalue weighted by Gasteiger charge is -2.35. The van der Waals surface area contributed by atoms with Gasteiger partial charge in [0.15, 0.2) is 0 Å². The van der Waals surface area contributed by atoms with Crippen LogP contribution in [0.1, 0.15) is 61.8 Å².